The molecule has 100 valence electrons. The van der Waals surface area contributed by atoms with Gasteiger partial charge in [0.05, 0.1) is 0 Å². The predicted molar refractivity (Wildman–Crippen MR) is 90.1 cm³/mol. The van der Waals surface area contributed by atoms with Crippen molar-refractivity contribution < 1.29 is 0 Å². The van der Waals surface area contributed by atoms with E-state index >= 15 is 0 Å². The van der Waals surface area contributed by atoms with Crippen LogP contribution in [0.5, 0.6) is 0 Å². The van der Waals surface area contributed by atoms with Crippen molar-refractivity contribution in [3.8, 4) is 11.1 Å². The van der Waals surface area contributed by atoms with Crippen LogP contribution in [-0.4, -0.2) is 0 Å². The first kappa shape index (κ1) is 12.2. The van der Waals surface area contributed by atoms with Gasteiger partial charge in [-0.05, 0) is 40.3 Å². The highest BCUT2D eigenvalue weighted by Crippen LogP contribution is 2.46. The van der Waals surface area contributed by atoms with E-state index < -0.39 is 0 Å². The van der Waals surface area contributed by atoms with Crippen LogP contribution in [-0.2, 0) is 0 Å². The summed E-state index contributed by atoms with van der Waals surface area (Å²) in [6, 6.07) is 15.4. The second-order valence-electron chi connectivity index (χ2n) is 5.53. The van der Waals surface area contributed by atoms with E-state index in [1.807, 2.05) is 0 Å². The molecule has 2 aliphatic carbocycles. The van der Waals surface area contributed by atoms with Gasteiger partial charge in [-0.1, -0.05) is 84.5 Å². The molecule has 0 radical (unpaired) electrons. The third kappa shape index (κ3) is 1.92. The third-order valence-electron chi connectivity index (χ3n) is 4.10. The van der Waals surface area contributed by atoms with Crippen molar-refractivity contribution in [2.45, 2.75) is 6.92 Å². The molecule has 0 aliphatic heterocycles. The van der Waals surface area contributed by atoms with E-state index in [9.17, 15) is 0 Å². The van der Waals surface area contributed by atoms with Crippen molar-refractivity contribution in [1.82, 2.24) is 0 Å². The number of aryl methyl sites for hydroxylation is 1. The molecule has 2 aromatic rings. The molecular weight excluding hydrogens is 252 g/mol. The molecule has 0 saturated carbocycles. The fourth-order valence-corrected chi connectivity index (χ4v) is 3.16. The molecule has 2 aliphatic rings. The Bertz CT molecular complexity index is 824. The predicted octanol–water partition coefficient (Wildman–Crippen LogP) is 5.46. The molecule has 0 heteroatoms. The minimum absolute atomic E-state index is 1.27. The number of hydrogen-bond acceptors (Lipinski definition) is 0. The molecular formula is C21H16. The standard InChI is InChI=1S/C21H16/c1-15-12-13-18-17-10-6-7-11-19(17)21(20(18)14-15)16-8-4-2-3-5-9-16/h2-14H,1H3. The molecule has 0 saturated heterocycles. The summed E-state index contributed by atoms with van der Waals surface area (Å²) in [5.41, 5.74) is 9.30. The van der Waals surface area contributed by atoms with Gasteiger partial charge in [0.1, 0.15) is 0 Å². The second-order valence-corrected chi connectivity index (χ2v) is 5.53. The van der Waals surface area contributed by atoms with Gasteiger partial charge < -0.3 is 0 Å². The number of benzene rings is 2. The van der Waals surface area contributed by atoms with E-state index in [2.05, 4.69) is 85.8 Å². The maximum atomic E-state index is 2.30. The Morgan fingerprint density at radius 2 is 1.29 bits per heavy atom. The smallest absolute Gasteiger partial charge is 0.00263 e. The number of hydrogen-bond donors (Lipinski definition) is 0. The lowest BCUT2D eigenvalue weighted by molar-refractivity contribution is 1.46. The normalized spacial score (nSPS) is 15.1. The lowest BCUT2D eigenvalue weighted by Crippen LogP contribution is -1.87. The van der Waals surface area contributed by atoms with Crippen LogP contribution in [0, 0.1) is 6.92 Å². The van der Waals surface area contributed by atoms with Gasteiger partial charge in [0.2, 0.25) is 0 Å². The van der Waals surface area contributed by atoms with E-state index in [-0.39, 0.29) is 0 Å². The third-order valence-corrected chi connectivity index (χ3v) is 4.10. The largest absolute Gasteiger partial charge is 0.0622 e. The fourth-order valence-electron chi connectivity index (χ4n) is 3.16. The Labute approximate surface area is 125 Å². The molecule has 0 spiro atoms. The van der Waals surface area contributed by atoms with E-state index in [0.29, 0.717) is 0 Å². The lowest BCUT2D eigenvalue weighted by atomic mass is 9.96. The highest BCUT2D eigenvalue weighted by molar-refractivity contribution is 6.03. The summed E-state index contributed by atoms with van der Waals surface area (Å²) in [5, 5.41) is 0. The quantitative estimate of drug-likeness (QED) is 0.508. The first-order valence-corrected chi connectivity index (χ1v) is 7.31. The van der Waals surface area contributed by atoms with Crippen LogP contribution in [0.2, 0.25) is 0 Å². The summed E-state index contributed by atoms with van der Waals surface area (Å²) in [6.07, 6.45) is 12.8. The van der Waals surface area contributed by atoms with E-state index in [1.165, 1.54) is 39.0 Å². The molecule has 0 aromatic heterocycles. The van der Waals surface area contributed by atoms with Crippen molar-refractivity contribution in [2.24, 2.45) is 0 Å². The zero-order valence-corrected chi connectivity index (χ0v) is 12.0. The number of rotatable bonds is 0. The molecule has 0 nitrogen and oxygen atoms in total. The summed E-state index contributed by atoms with van der Waals surface area (Å²) < 4.78 is 0. The monoisotopic (exact) mass is 268 g/mol. The van der Waals surface area contributed by atoms with Gasteiger partial charge in [0.25, 0.3) is 0 Å². The zero-order valence-electron chi connectivity index (χ0n) is 12.0. The Hall–Kier alpha value is -2.60. The Balaban J connectivity index is 2.08. The van der Waals surface area contributed by atoms with Crippen LogP contribution in [0.4, 0.5) is 0 Å². The van der Waals surface area contributed by atoms with Gasteiger partial charge in [-0.15, -0.1) is 0 Å². The van der Waals surface area contributed by atoms with Gasteiger partial charge in [-0.3, -0.25) is 0 Å². The van der Waals surface area contributed by atoms with Crippen molar-refractivity contribution in [3.63, 3.8) is 0 Å². The molecule has 0 bridgehead atoms. The second kappa shape index (κ2) is 4.75. The molecule has 21 heavy (non-hydrogen) atoms. The van der Waals surface area contributed by atoms with Crippen molar-refractivity contribution in [1.29, 1.82) is 0 Å². The van der Waals surface area contributed by atoms with Crippen LogP contribution in [0.3, 0.4) is 0 Å². The molecule has 0 fully saturated rings. The van der Waals surface area contributed by atoms with E-state index in [4.69, 9.17) is 0 Å². The summed E-state index contributed by atoms with van der Waals surface area (Å²) in [6.45, 7) is 2.16. The Morgan fingerprint density at radius 3 is 2.05 bits per heavy atom. The highest BCUT2D eigenvalue weighted by Gasteiger charge is 2.24. The minimum atomic E-state index is 1.27. The topological polar surface area (TPSA) is 0 Å². The SMILES string of the molecule is Cc1ccc2c(c1)C(=C1C=CC=CC=C1)c1ccccc1-2. The van der Waals surface area contributed by atoms with Gasteiger partial charge in [0.15, 0.2) is 0 Å². The van der Waals surface area contributed by atoms with Crippen molar-refractivity contribution in [3.05, 3.63) is 101 Å². The first-order valence-electron chi connectivity index (χ1n) is 7.31. The highest BCUT2D eigenvalue weighted by atomic mass is 14.3. The molecule has 0 heterocycles. The lowest BCUT2D eigenvalue weighted by Gasteiger charge is -2.07. The van der Waals surface area contributed by atoms with E-state index in [0.717, 1.165) is 0 Å². The molecule has 0 atom stereocenters. The maximum Gasteiger partial charge on any atom is -0.00263 e. The molecule has 0 amide bonds. The molecule has 2 aromatic carbocycles. The summed E-state index contributed by atoms with van der Waals surface area (Å²) in [4.78, 5) is 0. The van der Waals surface area contributed by atoms with Crippen molar-refractivity contribution in [2.75, 3.05) is 0 Å². The van der Waals surface area contributed by atoms with Gasteiger partial charge in [-0.2, -0.15) is 0 Å². The number of fused-ring (bicyclic) bond motifs is 3. The minimum Gasteiger partial charge on any atom is -0.0622 e. The molecule has 4 rings (SSSR count). The number of allylic oxidation sites excluding steroid dienone is 7. The van der Waals surface area contributed by atoms with Crippen LogP contribution >= 0.6 is 0 Å². The van der Waals surface area contributed by atoms with Crippen LogP contribution in [0.25, 0.3) is 16.7 Å². The van der Waals surface area contributed by atoms with Gasteiger partial charge in [-0.25, -0.2) is 0 Å². The van der Waals surface area contributed by atoms with E-state index in [1.54, 1.807) is 0 Å². The average Bonchev–Trinajstić information content (AvgIpc) is 2.66. The van der Waals surface area contributed by atoms with Gasteiger partial charge >= 0.3 is 0 Å². The van der Waals surface area contributed by atoms with Crippen LogP contribution in [0.15, 0.2) is 84.5 Å². The first-order chi connectivity index (χ1) is 10.3. The summed E-state index contributed by atoms with van der Waals surface area (Å²) >= 11 is 0. The Morgan fingerprint density at radius 1 is 0.619 bits per heavy atom. The zero-order chi connectivity index (χ0) is 14.2. The average molecular weight is 268 g/mol. The van der Waals surface area contributed by atoms with Crippen molar-refractivity contribution >= 4 is 5.57 Å². The molecule has 0 unspecified atom stereocenters. The van der Waals surface area contributed by atoms with Crippen LogP contribution in [0.1, 0.15) is 16.7 Å². The summed E-state index contributed by atoms with van der Waals surface area (Å²) in [7, 11) is 0. The van der Waals surface area contributed by atoms with Gasteiger partial charge in [0, 0.05) is 0 Å². The molecule has 0 N–H and O–H groups in total. The maximum absolute atomic E-state index is 2.30. The Kier molecular flexibility index (Phi) is 2.75. The summed E-state index contributed by atoms with van der Waals surface area (Å²) in [5.74, 6) is 0. The van der Waals surface area contributed by atoms with Crippen LogP contribution < -0.4 is 0 Å². The fraction of sp³-hybridized carbons (Fsp3) is 0.0476.